The number of hydrogen-bond donors (Lipinski definition) is 0. The minimum Gasteiger partial charge on any atom is -0.267 e. The Morgan fingerprint density at radius 1 is 1.16 bits per heavy atom. The van der Waals surface area contributed by atoms with Gasteiger partial charge in [0.2, 0.25) is 5.13 Å². The summed E-state index contributed by atoms with van der Waals surface area (Å²) < 4.78 is 14.1. The van der Waals surface area contributed by atoms with Crippen molar-refractivity contribution >= 4 is 56.1 Å². The Labute approximate surface area is 184 Å². The van der Waals surface area contributed by atoms with Crippen LogP contribution in [0.4, 0.5) is 15.2 Å². The van der Waals surface area contributed by atoms with Gasteiger partial charge in [-0.3, -0.25) is 14.9 Å². The molecular weight excluding hydrogens is 443 g/mol. The van der Waals surface area contributed by atoms with Crippen molar-refractivity contribution in [2.24, 2.45) is 5.10 Å². The van der Waals surface area contributed by atoms with Gasteiger partial charge in [-0.05, 0) is 54.1 Å². The van der Waals surface area contributed by atoms with E-state index in [1.165, 1.54) is 54.7 Å². The fraction of sp³-hybridized carbons (Fsp3) is 0. The Hall–Kier alpha value is -3.69. The first kappa shape index (κ1) is 20.6. The van der Waals surface area contributed by atoms with Gasteiger partial charge in [-0.1, -0.05) is 29.0 Å². The second-order valence-corrected chi connectivity index (χ2v) is 7.77. The number of halogens is 2. The Kier molecular flexibility index (Phi) is 5.70. The van der Waals surface area contributed by atoms with Gasteiger partial charge in [0.05, 0.1) is 21.4 Å². The highest BCUT2D eigenvalue weighted by atomic mass is 35.5. The van der Waals surface area contributed by atoms with Crippen LogP contribution in [0.1, 0.15) is 15.9 Å². The number of carbonyl (C=O) groups is 1. The molecule has 1 heterocycles. The zero-order valence-corrected chi connectivity index (χ0v) is 17.2. The number of hydrogen-bond acceptors (Lipinski definition) is 6. The lowest BCUT2D eigenvalue weighted by atomic mass is 10.2. The highest BCUT2D eigenvalue weighted by Gasteiger charge is 2.21. The molecule has 0 spiro atoms. The quantitative estimate of drug-likeness (QED) is 0.220. The molecule has 10 heteroatoms. The van der Waals surface area contributed by atoms with Crippen LogP contribution < -0.4 is 5.01 Å². The van der Waals surface area contributed by atoms with E-state index < -0.39 is 16.6 Å². The van der Waals surface area contributed by atoms with E-state index in [-0.39, 0.29) is 10.8 Å². The molecule has 1 amide bonds. The standard InChI is InChI=1S/C21H12ClFN4O3S/c22-15-3-1-2-14(10-15)20(28)26(21-25-18-9-6-16(23)11-19(18)31-21)24-12-13-4-7-17(8-5-13)27(29)30/h1-12H/b24-12+. The molecule has 0 saturated carbocycles. The largest absolute Gasteiger partial charge is 0.280 e. The summed E-state index contributed by atoms with van der Waals surface area (Å²) in [6, 6.07) is 16.2. The Morgan fingerprint density at radius 3 is 2.65 bits per heavy atom. The van der Waals surface area contributed by atoms with E-state index in [9.17, 15) is 19.3 Å². The molecule has 0 unspecified atom stereocenters. The number of non-ortho nitro benzene ring substituents is 1. The molecule has 154 valence electrons. The van der Waals surface area contributed by atoms with Gasteiger partial charge in [0.1, 0.15) is 5.82 Å². The normalized spacial score (nSPS) is 11.2. The first-order chi connectivity index (χ1) is 14.9. The molecule has 0 radical (unpaired) electrons. The average molecular weight is 455 g/mol. The van der Waals surface area contributed by atoms with Crippen LogP contribution in [0.25, 0.3) is 10.2 Å². The van der Waals surface area contributed by atoms with Crippen LogP contribution in [0.2, 0.25) is 5.02 Å². The topological polar surface area (TPSA) is 88.7 Å². The van der Waals surface area contributed by atoms with Gasteiger partial charge >= 0.3 is 0 Å². The maximum Gasteiger partial charge on any atom is 0.280 e. The van der Waals surface area contributed by atoms with Gasteiger partial charge in [0.25, 0.3) is 11.6 Å². The van der Waals surface area contributed by atoms with E-state index in [4.69, 9.17) is 11.6 Å². The summed E-state index contributed by atoms with van der Waals surface area (Å²) in [5.41, 5.74) is 1.30. The van der Waals surface area contributed by atoms with Crippen molar-refractivity contribution in [1.29, 1.82) is 0 Å². The number of fused-ring (bicyclic) bond motifs is 1. The number of thiazole rings is 1. The molecule has 0 aliphatic heterocycles. The highest BCUT2D eigenvalue weighted by Crippen LogP contribution is 2.31. The fourth-order valence-corrected chi connectivity index (χ4v) is 3.85. The summed E-state index contributed by atoms with van der Waals surface area (Å²) >= 11 is 7.12. The number of rotatable bonds is 5. The van der Waals surface area contributed by atoms with Crippen LogP contribution in [-0.4, -0.2) is 22.0 Å². The van der Waals surface area contributed by atoms with Gasteiger partial charge < -0.3 is 0 Å². The summed E-state index contributed by atoms with van der Waals surface area (Å²) in [5, 5.41) is 16.8. The summed E-state index contributed by atoms with van der Waals surface area (Å²) in [5.74, 6) is -0.898. The molecule has 4 rings (SSSR count). The lowest BCUT2D eigenvalue weighted by molar-refractivity contribution is -0.384. The molecule has 0 saturated heterocycles. The zero-order chi connectivity index (χ0) is 22.0. The van der Waals surface area contributed by atoms with E-state index in [1.807, 2.05) is 0 Å². The third-order valence-corrected chi connectivity index (χ3v) is 5.44. The molecule has 31 heavy (non-hydrogen) atoms. The maximum atomic E-state index is 13.6. The fourth-order valence-electron chi connectivity index (χ4n) is 2.72. The van der Waals surface area contributed by atoms with Crippen LogP contribution in [0.5, 0.6) is 0 Å². The summed E-state index contributed by atoms with van der Waals surface area (Å²) in [6.07, 6.45) is 1.39. The highest BCUT2D eigenvalue weighted by molar-refractivity contribution is 7.22. The van der Waals surface area contributed by atoms with Crippen molar-refractivity contribution in [2.45, 2.75) is 0 Å². The van der Waals surface area contributed by atoms with Crippen LogP contribution in [0.15, 0.2) is 71.8 Å². The molecule has 1 aromatic heterocycles. The number of benzene rings is 3. The number of anilines is 1. The monoisotopic (exact) mass is 454 g/mol. The summed E-state index contributed by atoms with van der Waals surface area (Å²) in [4.78, 5) is 27.9. The zero-order valence-electron chi connectivity index (χ0n) is 15.6. The number of aromatic nitrogens is 1. The van der Waals surface area contributed by atoms with E-state index >= 15 is 0 Å². The Balaban J connectivity index is 1.74. The minimum absolute atomic E-state index is 0.0581. The van der Waals surface area contributed by atoms with Gasteiger partial charge in [-0.15, -0.1) is 0 Å². The van der Waals surface area contributed by atoms with Crippen LogP contribution in [0.3, 0.4) is 0 Å². The van der Waals surface area contributed by atoms with Crippen LogP contribution in [0, 0.1) is 15.9 Å². The van der Waals surface area contributed by atoms with Gasteiger partial charge in [0.15, 0.2) is 0 Å². The average Bonchev–Trinajstić information content (AvgIpc) is 3.16. The molecule has 7 nitrogen and oxygen atoms in total. The molecule has 0 aliphatic rings. The summed E-state index contributed by atoms with van der Waals surface area (Å²) in [6.45, 7) is 0. The lowest BCUT2D eigenvalue weighted by Crippen LogP contribution is -2.25. The molecule has 3 aromatic carbocycles. The molecular formula is C21H12ClFN4O3S. The van der Waals surface area contributed by atoms with Crippen LogP contribution >= 0.6 is 22.9 Å². The second kappa shape index (κ2) is 8.58. The van der Waals surface area contributed by atoms with E-state index in [1.54, 1.807) is 18.2 Å². The predicted molar refractivity (Wildman–Crippen MR) is 119 cm³/mol. The molecule has 0 aliphatic carbocycles. The van der Waals surface area contributed by atoms with Crippen molar-refractivity contribution in [1.82, 2.24) is 4.98 Å². The molecule has 4 aromatic rings. The summed E-state index contributed by atoms with van der Waals surface area (Å²) in [7, 11) is 0. The van der Waals surface area contributed by atoms with E-state index in [0.717, 1.165) is 16.3 Å². The number of nitro benzene ring substituents is 1. The number of nitro groups is 1. The second-order valence-electron chi connectivity index (χ2n) is 6.33. The van der Waals surface area contributed by atoms with Gasteiger partial charge in [-0.2, -0.15) is 10.1 Å². The number of nitrogens with zero attached hydrogens (tertiary/aromatic N) is 4. The lowest BCUT2D eigenvalue weighted by Gasteiger charge is -2.14. The number of amides is 1. The predicted octanol–water partition coefficient (Wildman–Crippen LogP) is 5.68. The minimum atomic E-state index is -0.504. The SMILES string of the molecule is O=C(c1cccc(Cl)c1)N(/N=C/c1ccc([N+](=O)[O-])cc1)c1nc2ccc(F)cc2s1. The van der Waals surface area contributed by atoms with Crippen molar-refractivity contribution in [3.05, 3.63) is 98.8 Å². The molecule has 0 atom stereocenters. The number of carbonyl (C=O) groups excluding carboxylic acids is 1. The van der Waals surface area contributed by atoms with Gasteiger partial charge in [-0.25, -0.2) is 9.37 Å². The van der Waals surface area contributed by atoms with Gasteiger partial charge in [0, 0.05) is 22.7 Å². The van der Waals surface area contributed by atoms with E-state index in [2.05, 4.69) is 10.1 Å². The third kappa shape index (κ3) is 4.57. The smallest absolute Gasteiger partial charge is 0.267 e. The molecule has 0 N–H and O–H groups in total. The molecule has 0 bridgehead atoms. The Morgan fingerprint density at radius 2 is 1.94 bits per heavy atom. The van der Waals surface area contributed by atoms with Crippen molar-refractivity contribution in [3.8, 4) is 0 Å². The van der Waals surface area contributed by atoms with Crippen molar-refractivity contribution in [3.63, 3.8) is 0 Å². The van der Waals surface area contributed by atoms with E-state index in [0.29, 0.717) is 26.4 Å². The molecule has 0 fully saturated rings. The first-order valence-electron chi connectivity index (χ1n) is 8.85. The number of hydrazone groups is 1. The maximum absolute atomic E-state index is 13.6. The van der Waals surface area contributed by atoms with Crippen LogP contribution in [-0.2, 0) is 0 Å². The van der Waals surface area contributed by atoms with Crippen molar-refractivity contribution < 1.29 is 14.1 Å². The third-order valence-electron chi connectivity index (χ3n) is 4.21. The van der Waals surface area contributed by atoms with Crippen molar-refractivity contribution in [2.75, 3.05) is 5.01 Å². The first-order valence-corrected chi connectivity index (χ1v) is 10.0. The Bertz CT molecular complexity index is 1320.